The van der Waals surface area contributed by atoms with Crippen LogP contribution in [0, 0.1) is 0 Å². The number of carboxylic acids is 1. The van der Waals surface area contributed by atoms with Gasteiger partial charge in [0.05, 0.1) is 6.61 Å². The molecule has 18 heavy (non-hydrogen) atoms. The third-order valence-electron chi connectivity index (χ3n) is 1.94. The lowest BCUT2D eigenvalue weighted by atomic mass is 10.2. The highest BCUT2D eigenvalue weighted by atomic mass is 35.5. The number of aliphatic carboxylic acids is 1. The van der Waals surface area contributed by atoms with Gasteiger partial charge in [0.2, 0.25) is 0 Å². The predicted octanol–water partition coefficient (Wildman–Crippen LogP) is 0.753. The van der Waals surface area contributed by atoms with E-state index in [2.05, 4.69) is 5.32 Å². The summed E-state index contributed by atoms with van der Waals surface area (Å²) in [5.41, 5.74) is 6.30. The third kappa shape index (κ3) is 5.03. The van der Waals surface area contributed by atoms with Crippen molar-refractivity contribution in [1.29, 1.82) is 0 Å². The van der Waals surface area contributed by atoms with E-state index in [0.29, 0.717) is 16.3 Å². The fourth-order valence-corrected chi connectivity index (χ4v) is 1.49. The smallest absolute Gasteiger partial charge is 0.329 e. The van der Waals surface area contributed by atoms with Crippen molar-refractivity contribution in [2.24, 2.45) is 0 Å². The van der Waals surface area contributed by atoms with Gasteiger partial charge in [0.1, 0.15) is 6.61 Å². The minimum absolute atomic E-state index is 0.119. The first kappa shape index (κ1) is 14.3. The van der Waals surface area contributed by atoms with Crippen molar-refractivity contribution in [3.05, 3.63) is 28.8 Å². The van der Waals surface area contributed by atoms with Gasteiger partial charge in [0, 0.05) is 22.8 Å². The zero-order valence-corrected chi connectivity index (χ0v) is 10.2. The van der Waals surface area contributed by atoms with Crippen LogP contribution in [0.25, 0.3) is 0 Å². The second kappa shape index (κ2) is 6.83. The average Bonchev–Trinajstić information content (AvgIpc) is 2.26. The molecule has 0 spiro atoms. The van der Waals surface area contributed by atoms with E-state index in [1.807, 2.05) is 0 Å². The molecule has 7 heteroatoms. The van der Waals surface area contributed by atoms with Crippen LogP contribution in [0.15, 0.2) is 18.2 Å². The first-order valence-corrected chi connectivity index (χ1v) is 5.50. The first-order valence-electron chi connectivity index (χ1n) is 5.13. The number of carbonyl (C=O) groups excluding carboxylic acids is 1. The maximum Gasteiger partial charge on any atom is 0.329 e. The highest BCUT2D eigenvalue weighted by Gasteiger charge is 2.06. The van der Waals surface area contributed by atoms with Gasteiger partial charge in [0.25, 0.3) is 5.91 Å². The Labute approximate surface area is 109 Å². The van der Waals surface area contributed by atoms with E-state index in [-0.39, 0.29) is 25.7 Å². The summed E-state index contributed by atoms with van der Waals surface area (Å²) in [7, 11) is 0. The van der Waals surface area contributed by atoms with E-state index in [4.69, 9.17) is 27.2 Å². The van der Waals surface area contributed by atoms with Crippen molar-refractivity contribution in [1.82, 2.24) is 5.32 Å². The SMILES string of the molecule is Nc1cc(Cl)cc(C(=O)NCCOCC(=O)O)c1. The molecule has 0 saturated heterocycles. The van der Waals surface area contributed by atoms with Gasteiger partial charge in [-0.15, -0.1) is 0 Å². The molecule has 6 nitrogen and oxygen atoms in total. The van der Waals surface area contributed by atoms with E-state index in [9.17, 15) is 9.59 Å². The highest BCUT2D eigenvalue weighted by Crippen LogP contribution is 2.16. The summed E-state index contributed by atoms with van der Waals surface area (Å²) in [4.78, 5) is 21.8. The Hall–Kier alpha value is -1.79. The molecule has 0 aliphatic heterocycles. The number of ether oxygens (including phenoxy) is 1. The Morgan fingerprint density at radius 3 is 2.72 bits per heavy atom. The van der Waals surface area contributed by atoms with Gasteiger partial charge in [0.15, 0.2) is 0 Å². The second-order valence-corrected chi connectivity index (χ2v) is 3.91. The third-order valence-corrected chi connectivity index (χ3v) is 2.16. The maximum atomic E-state index is 11.6. The average molecular weight is 273 g/mol. The summed E-state index contributed by atoms with van der Waals surface area (Å²) < 4.78 is 4.76. The molecule has 0 bridgehead atoms. The molecular formula is C11H13ClN2O4. The molecule has 0 aromatic heterocycles. The zero-order valence-electron chi connectivity index (χ0n) is 9.48. The molecule has 98 valence electrons. The molecule has 0 fully saturated rings. The molecule has 1 aromatic rings. The number of carbonyl (C=O) groups is 2. The number of anilines is 1. The lowest BCUT2D eigenvalue weighted by Crippen LogP contribution is -2.28. The minimum atomic E-state index is -1.05. The molecule has 1 rings (SSSR count). The number of amides is 1. The van der Waals surface area contributed by atoms with Crippen LogP contribution in [-0.4, -0.2) is 36.7 Å². The van der Waals surface area contributed by atoms with Gasteiger partial charge >= 0.3 is 5.97 Å². The number of benzene rings is 1. The van der Waals surface area contributed by atoms with Crippen molar-refractivity contribution >= 4 is 29.2 Å². The van der Waals surface area contributed by atoms with Crippen LogP contribution in [-0.2, 0) is 9.53 Å². The molecule has 1 amide bonds. The molecule has 0 unspecified atom stereocenters. The number of nitrogens with two attached hydrogens (primary N) is 1. The number of hydrogen-bond donors (Lipinski definition) is 3. The molecule has 0 atom stereocenters. The monoisotopic (exact) mass is 272 g/mol. The molecule has 0 heterocycles. The van der Waals surface area contributed by atoms with Crippen LogP contribution in [0.2, 0.25) is 5.02 Å². The summed E-state index contributed by atoms with van der Waals surface area (Å²) >= 11 is 5.76. The van der Waals surface area contributed by atoms with Crippen molar-refractivity contribution in [2.75, 3.05) is 25.5 Å². The maximum absolute atomic E-state index is 11.6. The van der Waals surface area contributed by atoms with E-state index >= 15 is 0 Å². The Kier molecular flexibility index (Phi) is 5.41. The summed E-state index contributed by atoms with van der Waals surface area (Å²) in [6, 6.07) is 4.53. The van der Waals surface area contributed by atoms with E-state index < -0.39 is 5.97 Å². The summed E-state index contributed by atoms with van der Waals surface area (Å²) in [6.45, 7) is -0.0629. The van der Waals surface area contributed by atoms with Crippen LogP contribution >= 0.6 is 11.6 Å². The Bertz CT molecular complexity index is 430. The van der Waals surface area contributed by atoms with Gasteiger partial charge in [-0.2, -0.15) is 0 Å². The van der Waals surface area contributed by atoms with Crippen molar-refractivity contribution in [2.45, 2.75) is 0 Å². The summed E-state index contributed by atoms with van der Waals surface area (Å²) in [6.07, 6.45) is 0. The number of nitrogen functional groups attached to an aromatic ring is 1. The number of carboxylic acid groups (broad SMARTS) is 1. The van der Waals surface area contributed by atoms with Crippen LogP contribution < -0.4 is 11.1 Å². The normalized spacial score (nSPS) is 10.1. The lowest BCUT2D eigenvalue weighted by Gasteiger charge is -2.06. The Morgan fingerprint density at radius 2 is 2.11 bits per heavy atom. The number of rotatable bonds is 6. The molecule has 0 aliphatic carbocycles. The standard InChI is InChI=1S/C11H13ClN2O4/c12-8-3-7(4-9(13)5-8)11(17)14-1-2-18-6-10(15)16/h3-5H,1-2,6,13H2,(H,14,17)(H,15,16). The Balaban J connectivity index is 2.38. The van der Waals surface area contributed by atoms with E-state index in [1.165, 1.54) is 18.2 Å². The van der Waals surface area contributed by atoms with Crippen molar-refractivity contribution in [3.8, 4) is 0 Å². The fourth-order valence-electron chi connectivity index (χ4n) is 1.24. The highest BCUT2D eigenvalue weighted by molar-refractivity contribution is 6.31. The molecule has 0 aliphatic rings. The lowest BCUT2D eigenvalue weighted by molar-refractivity contribution is -0.142. The van der Waals surface area contributed by atoms with Gasteiger partial charge in [-0.1, -0.05) is 11.6 Å². The van der Waals surface area contributed by atoms with Gasteiger partial charge in [-0.3, -0.25) is 4.79 Å². The van der Waals surface area contributed by atoms with Crippen molar-refractivity contribution in [3.63, 3.8) is 0 Å². The topological polar surface area (TPSA) is 102 Å². The number of nitrogens with one attached hydrogen (secondary N) is 1. The number of hydrogen-bond acceptors (Lipinski definition) is 4. The first-order chi connectivity index (χ1) is 8.49. The Morgan fingerprint density at radius 1 is 1.39 bits per heavy atom. The summed E-state index contributed by atoms with van der Waals surface area (Å²) in [5, 5.41) is 11.3. The van der Waals surface area contributed by atoms with E-state index in [1.54, 1.807) is 0 Å². The molecule has 1 aromatic carbocycles. The zero-order chi connectivity index (χ0) is 13.5. The molecular weight excluding hydrogens is 260 g/mol. The quantitative estimate of drug-likeness (QED) is 0.524. The van der Waals surface area contributed by atoms with Crippen molar-refractivity contribution < 1.29 is 19.4 Å². The molecule has 0 radical (unpaired) electrons. The van der Waals surface area contributed by atoms with Gasteiger partial charge in [-0.25, -0.2) is 4.79 Å². The van der Waals surface area contributed by atoms with Gasteiger partial charge in [-0.05, 0) is 18.2 Å². The van der Waals surface area contributed by atoms with E-state index in [0.717, 1.165) is 0 Å². The van der Waals surface area contributed by atoms with Crippen LogP contribution in [0.5, 0.6) is 0 Å². The molecule has 4 N–H and O–H groups in total. The largest absolute Gasteiger partial charge is 0.480 e. The van der Waals surface area contributed by atoms with Crippen LogP contribution in [0.1, 0.15) is 10.4 Å². The summed E-state index contributed by atoms with van der Waals surface area (Å²) in [5.74, 6) is -1.40. The molecule has 0 saturated carbocycles. The van der Waals surface area contributed by atoms with Crippen LogP contribution in [0.4, 0.5) is 5.69 Å². The second-order valence-electron chi connectivity index (χ2n) is 3.48. The number of halogens is 1. The fraction of sp³-hybridized carbons (Fsp3) is 0.273. The predicted molar refractivity (Wildman–Crippen MR) is 66.7 cm³/mol. The van der Waals surface area contributed by atoms with Gasteiger partial charge < -0.3 is 20.9 Å². The minimum Gasteiger partial charge on any atom is -0.480 e. The van der Waals surface area contributed by atoms with Crippen LogP contribution in [0.3, 0.4) is 0 Å².